The molecule has 0 fully saturated rings. The molecule has 0 bridgehead atoms. The first-order valence-electron chi connectivity index (χ1n) is 6.62. The molecular formula is C14H17Cl3N2O3. The minimum atomic E-state index is -1.84. The Kier molecular flexibility index (Phi) is 7.26. The third-order valence-electron chi connectivity index (χ3n) is 2.47. The van der Waals surface area contributed by atoms with Crippen molar-refractivity contribution in [2.24, 2.45) is 0 Å². The third-order valence-corrected chi connectivity index (χ3v) is 3.07. The topological polar surface area (TPSA) is 67.4 Å². The normalized spacial score (nSPS) is 12.4. The molecule has 1 rings (SSSR count). The highest BCUT2D eigenvalue weighted by molar-refractivity contribution is 6.68. The first-order valence-corrected chi connectivity index (χ1v) is 7.76. The number of ether oxygens (including phenoxy) is 1. The molecule has 5 nitrogen and oxygen atoms in total. The van der Waals surface area contributed by atoms with Gasteiger partial charge in [0, 0.05) is 25.1 Å². The standard InChI is InChI=1S/C14H17Cl3N2O3/c1-3-5-12(21)19-13(14(15,16)17)22-11-7-4-6-10(8-11)18-9(2)20/h4,6-8,13H,3,5H2,1-2H3,(H,18,20)(H,19,21)/t13-/m0/s1. The molecule has 0 saturated heterocycles. The third kappa shape index (κ3) is 6.73. The van der Waals surface area contributed by atoms with Crippen molar-refractivity contribution in [2.45, 2.75) is 36.7 Å². The van der Waals surface area contributed by atoms with Gasteiger partial charge >= 0.3 is 0 Å². The van der Waals surface area contributed by atoms with E-state index in [9.17, 15) is 9.59 Å². The lowest BCUT2D eigenvalue weighted by Gasteiger charge is -2.26. The maximum Gasteiger partial charge on any atom is 0.246 e. The van der Waals surface area contributed by atoms with Crippen LogP contribution in [0.1, 0.15) is 26.7 Å². The van der Waals surface area contributed by atoms with Crippen LogP contribution in [0.5, 0.6) is 5.75 Å². The molecule has 0 saturated carbocycles. The molecule has 0 aliphatic rings. The van der Waals surface area contributed by atoms with Crippen molar-refractivity contribution in [1.29, 1.82) is 0 Å². The lowest BCUT2D eigenvalue weighted by Crippen LogP contribution is -2.47. The van der Waals surface area contributed by atoms with E-state index in [4.69, 9.17) is 39.5 Å². The van der Waals surface area contributed by atoms with Crippen LogP contribution in [0, 0.1) is 0 Å². The van der Waals surface area contributed by atoms with Crippen LogP contribution in [-0.2, 0) is 9.59 Å². The van der Waals surface area contributed by atoms with Crippen LogP contribution in [0.2, 0.25) is 0 Å². The van der Waals surface area contributed by atoms with E-state index in [0.717, 1.165) is 0 Å². The van der Waals surface area contributed by atoms with Crippen molar-refractivity contribution in [3.05, 3.63) is 24.3 Å². The number of carbonyl (C=O) groups excluding carboxylic acids is 2. The van der Waals surface area contributed by atoms with Gasteiger partial charge in [-0.3, -0.25) is 9.59 Å². The highest BCUT2D eigenvalue weighted by Crippen LogP contribution is 2.32. The largest absolute Gasteiger partial charge is 0.466 e. The fourth-order valence-electron chi connectivity index (χ4n) is 1.61. The average Bonchev–Trinajstić information content (AvgIpc) is 2.36. The Hall–Kier alpha value is -1.17. The van der Waals surface area contributed by atoms with E-state index in [1.165, 1.54) is 6.92 Å². The molecule has 1 atom stereocenters. The van der Waals surface area contributed by atoms with Crippen LogP contribution >= 0.6 is 34.8 Å². The Morgan fingerprint density at radius 1 is 1.32 bits per heavy atom. The monoisotopic (exact) mass is 366 g/mol. The summed E-state index contributed by atoms with van der Waals surface area (Å²) in [6.45, 7) is 3.25. The molecule has 122 valence electrons. The summed E-state index contributed by atoms with van der Waals surface area (Å²) in [5.74, 6) is -0.150. The zero-order valence-corrected chi connectivity index (χ0v) is 14.4. The van der Waals surface area contributed by atoms with E-state index in [1.54, 1.807) is 24.3 Å². The van der Waals surface area contributed by atoms with Crippen molar-refractivity contribution < 1.29 is 14.3 Å². The van der Waals surface area contributed by atoms with E-state index in [-0.39, 0.29) is 11.8 Å². The number of nitrogens with one attached hydrogen (secondary N) is 2. The molecule has 0 unspecified atom stereocenters. The molecule has 22 heavy (non-hydrogen) atoms. The SMILES string of the molecule is CCCC(=O)N[C@@H](Oc1cccc(NC(C)=O)c1)C(Cl)(Cl)Cl. The maximum atomic E-state index is 11.7. The molecule has 0 spiro atoms. The van der Waals surface area contributed by atoms with Crippen molar-refractivity contribution in [1.82, 2.24) is 5.32 Å². The van der Waals surface area contributed by atoms with Crippen molar-refractivity contribution in [2.75, 3.05) is 5.32 Å². The van der Waals surface area contributed by atoms with Gasteiger partial charge in [0.05, 0.1) is 0 Å². The summed E-state index contributed by atoms with van der Waals surface area (Å²) in [4.78, 5) is 22.7. The number of alkyl halides is 3. The number of carbonyl (C=O) groups is 2. The van der Waals surface area contributed by atoms with E-state index < -0.39 is 10.0 Å². The molecule has 2 amide bonds. The molecule has 0 aliphatic heterocycles. The van der Waals surface area contributed by atoms with E-state index >= 15 is 0 Å². The highest BCUT2D eigenvalue weighted by atomic mass is 35.6. The van der Waals surface area contributed by atoms with Gasteiger partial charge in [-0.2, -0.15) is 0 Å². The first kappa shape index (κ1) is 18.9. The van der Waals surface area contributed by atoms with Crippen LogP contribution in [0.25, 0.3) is 0 Å². The number of benzene rings is 1. The smallest absolute Gasteiger partial charge is 0.246 e. The summed E-state index contributed by atoms with van der Waals surface area (Å²) in [6.07, 6.45) is -0.188. The van der Waals surface area contributed by atoms with Gasteiger partial charge in [-0.15, -0.1) is 0 Å². The number of halogens is 3. The molecule has 8 heteroatoms. The summed E-state index contributed by atoms with van der Waals surface area (Å²) in [6, 6.07) is 6.55. The van der Waals surface area contributed by atoms with E-state index in [1.807, 2.05) is 6.92 Å². The molecule has 1 aromatic rings. The molecular weight excluding hydrogens is 351 g/mol. The predicted molar refractivity (Wildman–Crippen MR) is 88.5 cm³/mol. The van der Waals surface area contributed by atoms with E-state index in [0.29, 0.717) is 24.3 Å². The number of anilines is 1. The fraction of sp³-hybridized carbons (Fsp3) is 0.429. The number of hydrogen-bond donors (Lipinski definition) is 2. The first-order chi connectivity index (χ1) is 10.2. The molecule has 2 N–H and O–H groups in total. The van der Waals surface area contributed by atoms with Crippen molar-refractivity contribution in [3.8, 4) is 5.75 Å². The van der Waals surface area contributed by atoms with Gasteiger partial charge in [0.1, 0.15) is 5.75 Å². The van der Waals surface area contributed by atoms with Crippen LogP contribution in [-0.4, -0.2) is 21.8 Å². The number of amides is 2. The second-order valence-corrected chi connectivity index (χ2v) is 6.93. The van der Waals surface area contributed by atoms with Crippen LogP contribution < -0.4 is 15.4 Å². The Labute approximate surface area is 144 Å². The van der Waals surface area contributed by atoms with Crippen LogP contribution in [0.15, 0.2) is 24.3 Å². The predicted octanol–water partition coefficient (Wildman–Crippen LogP) is 3.64. The Balaban J connectivity index is 2.85. The molecule has 0 aromatic heterocycles. The summed E-state index contributed by atoms with van der Waals surface area (Å²) < 4.78 is 3.70. The van der Waals surface area contributed by atoms with Crippen molar-refractivity contribution >= 4 is 52.3 Å². The summed E-state index contributed by atoms with van der Waals surface area (Å²) in [5.41, 5.74) is 0.535. The van der Waals surface area contributed by atoms with Gasteiger partial charge in [-0.25, -0.2) is 0 Å². The van der Waals surface area contributed by atoms with E-state index in [2.05, 4.69) is 10.6 Å². The quantitative estimate of drug-likeness (QED) is 0.596. The second kappa shape index (κ2) is 8.46. The van der Waals surface area contributed by atoms with Crippen molar-refractivity contribution in [3.63, 3.8) is 0 Å². The summed E-state index contributed by atoms with van der Waals surface area (Å²) >= 11 is 17.5. The maximum absolute atomic E-state index is 11.7. The molecule has 0 aliphatic carbocycles. The Morgan fingerprint density at radius 3 is 2.55 bits per heavy atom. The van der Waals surface area contributed by atoms with Gasteiger partial charge < -0.3 is 15.4 Å². The zero-order valence-electron chi connectivity index (χ0n) is 12.2. The molecule has 1 aromatic carbocycles. The summed E-state index contributed by atoms with van der Waals surface area (Å²) in [7, 11) is 0. The fourth-order valence-corrected chi connectivity index (χ4v) is 1.91. The van der Waals surface area contributed by atoms with Gasteiger partial charge in [-0.1, -0.05) is 47.8 Å². The van der Waals surface area contributed by atoms with Gasteiger partial charge in [0.15, 0.2) is 0 Å². The minimum Gasteiger partial charge on any atom is -0.466 e. The van der Waals surface area contributed by atoms with Crippen LogP contribution in [0.4, 0.5) is 5.69 Å². The Bertz CT molecular complexity index is 532. The Morgan fingerprint density at radius 2 is 2.00 bits per heavy atom. The molecule has 0 radical (unpaired) electrons. The zero-order chi connectivity index (χ0) is 16.8. The highest BCUT2D eigenvalue weighted by Gasteiger charge is 2.36. The minimum absolute atomic E-state index is 0.216. The number of rotatable bonds is 6. The molecule has 0 heterocycles. The summed E-state index contributed by atoms with van der Waals surface area (Å²) in [5, 5.41) is 5.14. The number of hydrogen-bond acceptors (Lipinski definition) is 3. The lowest BCUT2D eigenvalue weighted by molar-refractivity contribution is -0.123. The van der Waals surface area contributed by atoms with Gasteiger partial charge in [0.25, 0.3) is 0 Å². The lowest BCUT2D eigenvalue weighted by atomic mass is 10.3. The second-order valence-electron chi connectivity index (χ2n) is 4.57. The van der Waals surface area contributed by atoms with Crippen LogP contribution in [0.3, 0.4) is 0 Å². The average molecular weight is 368 g/mol. The van der Waals surface area contributed by atoms with Gasteiger partial charge in [0.2, 0.25) is 21.8 Å². The van der Waals surface area contributed by atoms with Gasteiger partial charge in [-0.05, 0) is 18.6 Å².